The number of hydrogen-bond acceptors (Lipinski definition) is 2. The van der Waals surface area contributed by atoms with Crippen LogP contribution in [0.1, 0.15) is 42.9 Å². The van der Waals surface area contributed by atoms with E-state index in [0.29, 0.717) is 12.0 Å². The van der Waals surface area contributed by atoms with E-state index in [2.05, 4.69) is 36.6 Å². The van der Waals surface area contributed by atoms with Crippen molar-refractivity contribution in [2.45, 2.75) is 31.7 Å². The highest BCUT2D eigenvalue weighted by Crippen LogP contribution is 2.36. The maximum atomic E-state index is 5.51. The molecule has 0 spiro atoms. The third-order valence-electron chi connectivity index (χ3n) is 2.99. The van der Waals surface area contributed by atoms with Crippen LogP contribution in [0.3, 0.4) is 0 Å². The quantitative estimate of drug-likeness (QED) is 0.508. The zero-order valence-corrected chi connectivity index (χ0v) is 7.96. The minimum absolute atomic E-state index is 0.354. The van der Waals surface area contributed by atoms with Crippen LogP contribution in [0.4, 0.5) is 0 Å². The topological polar surface area (TPSA) is 38.0 Å². The summed E-state index contributed by atoms with van der Waals surface area (Å²) < 4.78 is 0. The summed E-state index contributed by atoms with van der Waals surface area (Å²) >= 11 is 0. The Labute approximate surface area is 79.1 Å². The van der Waals surface area contributed by atoms with E-state index < -0.39 is 0 Å². The fourth-order valence-electron chi connectivity index (χ4n) is 2.18. The van der Waals surface area contributed by atoms with Crippen molar-refractivity contribution in [1.82, 2.24) is 5.43 Å². The Morgan fingerprint density at radius 3 is 2.62 bits per heavy atom. The van der Waals surface area contributed by atoms with Crippen LogP contribution in [0.2, 0.25) is 0 Å². The molecule has 0 aromatic heterocycles. The van der Waals surface area contributed by atoms with E-state index in [1.165, 1.54) is 17.5 Å². The first kappa shape index (κ1) is 8.73. The molecule has 0 heterocycles. The van der Waals surface area contributed by atoms with Gasteiger partial charge in [0.05, 0.1) is 0 Å². The van der Waals surface area contributed by atoms with Gasteiger partial charge in [-0.05, 0) is 29.9 Å². The Hall–Kier alpha value is -0.860. The number of fused-ring (bicyclic) bond motifs is 1. The van der Waals surface area contributed by atoms with Gasteiger partial charge in [-0.1, -0.05) is 31.2 Å². The van der Waals surface area contributed by atoms with Crippen molar-refractivity contribution in [1.29, 1.82) is 0 Å². The van der Waals surface area contributed by atoms with E-state index in [1.54, 1.807) is 0 Å². The van der Waals surface area contributed by atoms with Crippen molar-refractivity contribution >= 4 is 0 Å². The first-order chi connectivity index (χ1) is 6.33. The van der Waals surface area contributed by atoms with E-state index in [9.17, 15) is 0 Å². The molecule has 2 heteroatoms. The van der Waals surface area contributed by atoms with Gasteiger partial charge in [0.15, 0.2) is 0 Å². The van der Waals surface area contributed by atoms with E-state index >= 15 is 0 Å². The second-order valence-corrected chi connectivity index (χ2v) is 3.83. The molecule has 2 atom stereocenters. The highest BCUT2D eigenvalue weighted by atomic mass is 15.2. The maximum Gasteiger partial charge on any atom is 0.0463 e. The predicted octanol–water partition coefficient (Wildman–Crippen LogP) is 2.09. The lowest BCUT2D eigenvalue weighted by molar-refractivity contribution is 0.441. The molecule has 2 nitrogen and oxygen atoms in total. The van der Waals surface area contributed by atoms with Crippen molar-refractivity contribution in [3.63, 3.8) is 0 Å². The number of benzene rings is 1. The van der Waals surface area contributed by atoms with Gasteiger partial charge in [-0.3, -0.25) is 11.3 Å². The Morgan fingerprint density at radius 2 is 1.92 bits per heavy atom. The van der Waals surface area contributed by atoms with Crippen molar-refractivity contribution in [3.8, 4) is 0 Å². The number of hydrazine groups is 1. The molecule has 0 unspecified atom stereocenters. The van der Waals surface area contributed by atoms with Gasteiger partial charge in [0.1, 0.15) is 0 Å². The lowest BCUT2D eigenvalue weighted by Gasteiger charge is -2.29. The maximum absolute atomic E-state index is 5.51. The van der Waals surface area contributed by atoms with Gasteiger partial charge in [0, 0.05) is 6.04 Å². The van der Waals surface area contributed by atoms with Crippen LogP contribution in [0.25, 0.3) is 0 Å². The number of nitrogens with one attached hydrogen (secondary N) is 1. The molecule has 0 saturated heterocycles. The van der Waals surface area contributed by atoms with Crippen LogP contribution in [-0.4, -0.2) is 0 Å². The molecule has 0 aliphatic heterocycles. The van der Waals surface area contributed by atoms with E-state index in [-0.39, 0.29) is 0 Å². The third-order valence-corrected chi connectivity index (χ3v) is 2.99. The van der Waals surface area contributed by atoms with Crippen LogP contribution < -0.4 is 11.3 Å². The summed E-state index contributed by atoms with van der Waals surface area (Å²) in [7, 11) is 0. The molecule has 0 bridgehead atoms. The fourth-order valence-corrected chi connectivity index (χ4v) is 2.18. The van der Waals surface area contributed by atoms with Gasteiger partial charge in [0.2, 0.25) is 0 Å². The molecule has 3 N–H and O–H groups in total. The van der Waals surface area contributed by atoms with E-state index in [0.717, 1.165) is 6.42 Å². The van der Waals surface area contributed by atoms with Crippen molar-refractivity contribution in [2.24, 2.45) is 5.84 Å². The summed E-state index contributed by atoms with van der Waals surface area (Å²) in [6.45, 7) is 2.28. The Kier molecular flexibility index (Phi) is 2.34. The smallest absolute Gasteiger partial charge is 0.0463 e. The standard InChI is InChI=1S/C11H16N2/c1-8-6-7-11(13-12)10-5-3-2-4-9(8)10/h2-5,8,11,13H,6-7,12H2,1H3/t8-,11-/m1/s1. The van der Waals surface area contributed by atoms with Crippen molar-refractivity contribution in [3.05, 3.63) is 35.4 Å². The summed E-state index contributed by atoms with van der Waals surface area (Å²) in [6.07, 6.45) is 2.38. The molecule has 0 amide bonds. The predicted molar refractivity (Wildman–Crippen MR) is 54.2 cm³/mol. The zero-order chi connectivity index (χ0) is 9.26. The van der Waals surface area contributed by atoms with E-state index in [1.807, 2.05) is 0 Å². The molecule has 1 aliphatic rings. The summed E-state index contributed by atoms with van der Waals surface area (Å²) in [5, 5.41) is 0. The molecular weight excluding hydrogens is 160 g/mol. The second kappa shape index (κ2) is 3.48. The molecule has 13 heavy (non-hydrogen) atoms. The van der Waals surface area contributed by atoms with Gasteiger partial charge in [-0.15, -0.1) is 0 Å². The Balaban J connectivity index is 2.42. The van der Waals surface area contributed by atoms with Crippen LogP contribution >= 0.6 is 0 Å². The summed E-state index contributed by atoms with van der Waals surface area (Å²) in [5.41, 5.74) is 5.71. The third kappa shape index (κ3) is 1.47. The molecule has 1 aromatic carbocycles. The monoisotopic (exact) mass is 176 g/mol. The molecular formula is C11H16N2. The minimum Gasteiger partial charge on any atom is -0.271 e. The van der Waals surface area contributed by atoms with Crippen LogP contribution in [0, 0.1) is 0 Å². The Morgan fingerprint density at radius 1 is 1.23 bits per heavy atom. The number of rotatable bonds is 1. The summed E-state index contributed by atoms with van der Waals surface area (Å²) in [6, 6.07) is 8.93. The lowest BCUT2D eigenvalue weighted by Crippen LogP contribution is -2.31. The molecule has 0 fully saturated rings. The average Bonchev–Trinajstić information content (AvgIpc) is 2.19. The number of hydrogen-bond donors (Lipinski definition) is 2. The van der Waals surface area contributed by atoms with Gasteiger partial charge >= 0.3 is 0 Å². The van der Waals surface area contributed by atoms with Gasteiger partial charge in [-0.2, -0.15) is 0 Å². The van der Waals surface area contributed by atoms with Crippen molar-refractivity contribution in [2.75, 3.05) is 0 Å². The largest absolute Gasteiger partial charge is 0.271 e. The van der Waals surface area contributed by atoms with Gasteiger partial charge in [-0.25, -0.2) is 0 Å². The second-order valence-electron chi connectivity index (χ2n) is 3.83. The average molecular weight is 176 g/mol. The molecule has 0 saturated carbocycles. The summed E-state index contributed by atoms with van der Waals surface area (Å²) in [4.78, 5) is 0. The molecule has 1 aromatic rings. The summed E-state index contributed by atoms with van der Waals surface area (Å²) in [5.74, 6) is 6.19. The highest BCUT2D eigenvalue weighted by Gasteiger charge is 2.22. The van der Waals surface area contributed by atoms with Crippen LogP contribution in [-0.2, 0) is 0 Å². The van der Waals surface area contributed by atoms with Crippen molar-refractivity contribution < 1.29 is 0 Å². The van der Waals surface area contributed by atoms with Crippen LogP contribution in [0.5, 0.6) is 0 Å². The first-order valence-electron chi connectivity index (χ1n) is 4.88. The van der Waals surface area contributed by atoms with Gasteiger partial charge in [0.25, 0.3) is 0 Å². The first-order valence-corrected chi connectivity index (χ1v) is 4.88. The lowest BCUT2D eigenvalue weighted by atomic mass is 9.81. The highest BCUT2D eigenvalue weighted by molar-refractivity contribution is 5.34. The Bertz CT molecular complexity index is 296. The molecule has 0 radical (unpaired) electrons. The zero-order valence-electron chi connectivity index (χ0n) is 7.96. The number of nitrogens with two attached hydrogens (primary N) is 1. The minimum atomic E-state index is 0.354. The van der Waals surface area contributed by atoms with Gasteiger partial charge < -0.3 is 0 Å². The van der Waals surface area contributed by atoms with Crippen LogP contribution in [0.15, 0.2) is 24.3 Å². The molecule has 1 aliphatic carbocycles. The molecule has 70 valence electrons. The normalized spacial score (nSPS) is 26.9. The fraction of sp³-hybridized carbons (Fsp3) is 0.455. The SMILES string of the molecule is C[C@@H]1CC[C@@H](NN)c2ccccc21. The molecule has 2 rings (SSSR count). The van der Waals surface area contributed by atoms with E-state index in [4.69, 9.17) is 5.84 Å².